The van der Waals surface area contributed by atoms with Crippen LogP contribution < -0.4 is 0 Å². The molecule has 3 nitrogen and oxygen atoms in total. The maximum absolute atomic E-state index is 10.3. The Labute approximate surface area is 98.5 Å². The number of carboxylic acid groups (broad SMARTS) is 1. The van der Waals surface area contributed by atoms with Gasteiger partial charge in [-0.1, -0.05) is 13.3 Å². The fourth-order valence-corrected chi connectivity index (χ4v) is 0.586. The third-order valence-corrected chi connectivity index (χ3v) is 1.51. The van der Waals surface area contributed by atoms with E-state index in [1.807, 2.05) is 0 Å². The summed E-state index contributed by atoms with van der Waals surface area (Å²) in [6.07, 6.45) is 1.18. The van der Waals surface area contributed by atoms with Crippen LogP contribution in [0.2, 0.25) is 0 Å². The molecule has 0 aliphatic carbocycles. The van der Waals surface area contributed by atoms with Gasteiger partial charge in [0.1, 0.15) is 0 Å². The van der Waals surface area contributed by atoms with E-state index in [9.17, 15) is 4.79 Å². The summed E-state index contributed by atoms with van der Waals surface area (Å²) in [7, 11) is 3.29. The minimum absolute atomic E-state index is 0. The zero-order valence-electron chi connectivity index (χ0n) is 7.29. The molecule has 0 saturated heterocycles. The van der Waals surface area contributed by atoms with E-state index in [1.165, 1.54) is 0 Å². The van der Waals surface area contributed by atoms with Crippen LogP contribution >= 0.6 is 0 Å². The summed E-state index contributed by atoms with van der Waals surface area (Å²) in [6, 6.07) is 0. The van der Waals surface area contributed by atoms with Gasteiger partial charge in [-0.3, -0.25) is 10.5 Å². The number of aliphatic imine (C=N–C) groups is 1. The molecule has 0 heterocycles. The summed E-state index contributed by atoms with van der Waals surface area (Å²) in [5, 5.41) is 8.49. The molecule has 12 heavy (non-hydrogen) atoms. The maximum Gasteiger partial charge on any atom is 0.306 e. The van der Waals surface area contributed by atoms with Crippen molar-refractivity contribution in [2.24, 2.45) is 10.9 Å². The fraction of sp³-hybridized carbons (Fsp3) is 0.500. The average Bonchev–Trinajstić information content (AvgIpc) is 1.99. The van der Waals surface area contributed by atoms with Gasteiger partial charge in [-0.05, 0) is 0 Å². The molecule has 0 aromatic heterocycles. The zero-order chi connectivity index (χ0) is 8.85. The van der Waals surface area contributed by atoms with Gasteiger partial charge in [0.05, 0.1) is 5.92 Å². The van der Waals surface area contributed by atoms with Crippen molar-refractivity contribution in [3.63, 3.8) is 0 Å². The zero-order valence-corrected chi connectivity index (χ0v) is 10.1. The molecule has 0 bridgehead atoms. The third kappa shape index (κ3) is 6.68. The standard InChI is InChI=1S/C8H13NO2.Y/c1-6(8(10)11)4-5-7(2)9-3;/h6H,2-5H2,1H3,(H,10,11);/q-2;. The van der Waals surface area contributed by atoms with Gasteiger partial charge in [0.15, 0.2) is 0 Å². The van der Waals surface area contributed by atoms with Gasteiger partial charge in [-0.15, -0.1) is 6.42 Å². The van der Waals surface area contributed by atoms with Crippen LogP contribution in [0.3, 0.4) is 0 Å². The van der Waals surface area contributed by atoms with Gasteiger partial charge in [-0.25, -0.2) is 0 Å². The van der Waals surface area contributed by atoms with Crippen molar-refractivity contribution in [3.05, 3.63) is 14.0 Å². The Hall–Kier alpha value is -0.0161. The SMILES string of the molecule is [CH2-]N=C([CH2-])CCC(C)C(=O)O.[Y]. The van der Waals surface area contributed by atoms with Gasteiger partial charge in [-0.2, -0.15) is 7.05 Å². The Kier molecular flexibility index (Phi) is 9.21. The third-order valence-electron chi connectivity index (χ3n) is 1.51. The smallest absolute Gasteiger partial charge is 0.306 e. The predicted octanol–water partition coefficient (Wildman–Crippen LogP) is 1.55. The topological polar surface area (TPSA) is 49.7 Å². The van der Waals surface area contributed by atoms with Crippen LogP contribution in [-0.2, 0) is 37.5 Å². The molecule has 67 valence electrons. The maximum atomic E-state index is 10.3. The van der Waals surface area contributed by atoms with E-state index in [0.29, 0.717) is 18.6 Å². The molecule has 1 N–H and O–H groups in total. The fourth-order valence-electron chi connectivity index (χ4n) is 0.586. The molecule has 0 rings (SSSR count). The van der Waals surface area contributed by atoms with Gasteiger partial charge in [0.2, 0.25) is 0 Å². The predicted molar refractivity (Wildman–Crippen MR) is 44.2 cm³/mol. The van der Waals surface area contributed by atoms with Crippen molar-refractivity contribution in [3.8, 4) is 0 Å². The number of aliphatic carboxylic acids is 1. The molecule has 0 aliphatic rings. The molecule has 1 atom stereocenters. The summed E-state index contributed by atoms with van der Waals surface area (Å²) in [5.41, 5.74) is 0.651. The van der Waals surface area contributed by atoms with Crippen molar-refractivity contribution in [2.45, 2.75) is 19.8 Å². The summed E-state index contributed by atoms with van der Waals surface area (Å²) < 4.78 is 0. The molecule has 1 radical (unpaired) electrons. The van der Waals surface area contributed by atoms with Crippen LogP contribution in [0.25, 0.3) is 0 Å². The van der Waals surface area contributed by atoms with E-state index in [0.717, 1.165) is 0 Å². The van der Waals surface area contributed by atoms with Crippen LogP contribution in [-0.4, -0.2) is 16.8 Å². The van der Waals surface area contributed by atoms with Crippen molar-refractivity contribution in [1.82, 2.24) is 0 Å². The number of rotatable bonds is 4. The number of hydrogen-bond acceptors (Lipinski definition) is 2. The van der Waals surface area contributed by atoms with Crippen molar-refractivity contribution in [2.75, 3.05) is 0 Å². The van der Waals surface area contributed by atoms with E-state index < -0.39 is 5.97 Å². The Balaban J connectivity index is 0. The van der Waals surface area contributed by atoms with Crippen molar-refractivity contribution >= 4 is 11.7 Å². The van der Waals surface area contributed by atoms with Gasteiger partial charge in [0, 0.05) is 32.7 Å². The number of nitrogens with zero attached hydrogens (tertiary/aromatic N) is 1. The second-order valence-electron chi connectivity index (χ2n) is 2.50. The molecule has 0 aromatic rings. The van der Waals surface area contributed by atoms with E-state index in [-0.39, 0.29) is 38.6 Å². The Bertz CT molecular complexity index is 168. The molecule has 0 saturated carbocycles. The molecule has 0 aromatic carbocycles. The molecule has 0 fully saturated rings. The first-order valence-corrected chi connectivity index (χ1v) is 3.45. The van der Waals surface area contributed by atoms with Gasteiger partial charge in [0.25, 0.3) is 0 Å². The van der Waals surface area contributed by atoms with Crippen molar-refractivity contribution < 1.29 is 42.6 Å². The molecule has 0 amide bonds. The molecular weight excluding hydrogens is 231 g/mol. The first-order valence-electron chi connectivity index (χ1n) is 3.45. The van der Waals surface area contributed by atoms with Crippen LogP contribution in [0.15, 0.2) is 4.99 Å². The Morgan fingerprint density at radius 2 is 2.17 bits per heavy atom. The van der Waals surface area contributed by atoms with E-state index in [4.69, 9.17) is 5.11 Å². The van der Waals surface area contributed by atoms with Gasteiger partial charge < -0.3 is 17.0 Å². The van der Waals surface area contributed by atoms with E-state index >= 15 is 0 Å². The number of carbonyl (C=O) groups is 1. The normalized spacial score (nSPS) is 13.2. The van der Waals surface area contributed by atoms with E-state index in [1.54, 1.807) is 6.92 Å². The first-order chi connectivity index (χ1) is 5.07. The molecular formula is C8H13NO2Y-2. The summed E-state index contributed by atoms with van der Waals surface area (Å²) in [6.45, 7) is 5.25. The summed E-state index contributed by atoms with van der Waals surface area (Å²) in [4.78, 5) is 13.9. The van der Waals surface area contributed by atoms with Crippen LogP contribution in [0, 0.1) is 19.9 Å². The molecule has 1 unspecified atom stereocenters. The molecule has 0 aliphatic heterocycles. The van der Waals surface area contributed by atoms with Crippen LogP contribution in [0.5, 0.6) is 0 Å². The number of carboxylic acids is 1. The summed E-state index contributed by atoms with van der Waals surface area (Å²) in [5.74, 6) is -1.10. The van der Waals surface area contributed by atoms with Crippen LogP contribution in [0.1, 0.15) is 19.8 Å². The second kappa shape index (κ2) is 7.62. The van der Waals surface area contributed by atoms with E-state index in [2.05, 4.69) is 19.0 Å². The monoisotopic (exact) mass is 244 g/mol. The van der Waals surface area contributed by atoms with Gasteiger partial charge >= 0.3 is 5.97 Å². The molecule has 4 heteroatoms. The van der Waals surface area contributed by atoms with Crippen molar-refractivity contribution in [1.29, 1.82) is 0 Å². The average molecular weight is 244 g/mol. The first kappa shape index (κ1) is 14.5. The summed E-state index contributed by atoms with van der Waals surface area (Å²) >= 11 is 0. The second-order valence-corrected chi connectivity index (χ2v) is 2.50. The Morgan fingerprint density at radius 3 is 2.50 bits per heavy atom. The quantitative estimate of drug-likeness (QED) is 0.602. The minimum atomic E-state index is -0.776. The minimum Gasteiger partial charge on any atom is -0.488 e. The number of hydrogen-bond donors (Lipinski definition) is 1. The Morgan fingerprint density at radius 1 is 1.67 bits per heavy atom. The largest absolute Gasteiger partial charge is 0.488 e. The molecule has 0 spiro atoms. The van der Waals surface area contributed by atoms with Crippen LogP contribution in [0.4, 0.5) is 0 Å².